The summed E-state index contributed by atoms with van der Waals surface area (Å²) in [7, 11) is 0. The third-order valence-corrected chi connectivity index (χ3v) is 3.55. The highest BCUT2D eigenvalue weighted by Gasteiger charge is 2.22. The molecule has 0 fully saturated rings. The first-order valence-corrected chi connectivity index (χ1v) is 6.62. The molecule has 1 atom stereocenters. The molecule has 2 N–H and O–H groups in total. The summed E-state index contributed by atoms with van der Waals surface area (Å²) in [6, 6.07) is 8.96. The van der Waals surface area contributed by atoms with Crippen molar-refractivity contribution in [1.29, 1.82) is 0 Å². The van der Waals surface area contributed by atoms with Gasteiger partial charge in [0.05, 0.1) is 5.69 Å². The van der Waals surface area contributed by atoms with Gasteiger partial charge in [0.1, 0.15) is 17.7 Å². The Labute approximate surface area is 125 Å². The SMILES string of the molecule is O=C1COc2ccc(C(O)c3c(F)cccc3Cl)cc2N1. The highest BCUT2D eigenvalue weighted by molar-refractivity contribution is 6.31. The largest absolute Gasteiger partial charge is 0.482 e. The summed E-state index contributed by atoms with van der Waals surface area (Å²) in [5, 5.41) is 13.1. The second kappa shape index (κ2) is 5.35. The fraction of sp³-hybridized carbons (Fsp3) is 0.133. The van der Waals surface area contributed by atoms with Gasteiger partial charge >= 0.3 is 0 Å². The van der Waals surface area contributed by atoms with E-state index in [1.165, 1.54) is 18.2 Å². The number of carbonyl (C=O) groups excluding carboxylic acids is 1. The van der Waals surface area contributed by atoms with Gasteiger partial charge in [0.25, 0.3) is 5.91 Å². The van der Waals surface area contributed by atoms with E-state index in [4.69, 9.17) is 16.3 Å². The first-order valence-electron chi connectivity index (χ1n) is 6.25. The minimum Gasteiger partial charge on any atom is -0.482 e. The molecule has 0 spiro atoms. The lowest BCUT2D eigenvalue weighted by Gasteiger charge is -2.20. The number of aliphatic hydroxyl groups excluding tert-OH is 1. The van der Waals surface area contributed by atoms with E-state index in [1.807, 2.05) is 0 Å². The third-order valence-electron chi connectivity index (χ3n) is 3.23. The van der Waals surface area contributed by atoms with E-state index in [0.29, 0.717) is 17.0 Å². The fourth-order valence-electron chi connectivity index (χ4n) is 2.21. The summed E-state index contributed by atoms with van der Waals surface area (Å²) < 4.78 is 19.1. The van der Waals surface area contributed by atoms with E-state index in [-0.39, 0.29) is 23.1 Å². The zero-order chi connectivity index (χ0) is 15.0. The van der Waals surface area contributed by atoms with E-state index in [1.54, 1.807) is 18.2 Å². The van der Waals surface area contributed by atoms with Gasteiger partial charge in [-0.25, -0.2) is 4.39 Å². The first kappa shape index (κ1) is 13.9. The number of hydrogen-bond acceptors (Lipinski definition) is 3. The number of anilines is 1. The van der Waals surface area contributed by atoms with Crippen LogP contribution in [-0.2, 0) is 4.79 Å². The van der Waals surface area contributed by atoms with Gasteiger partial charge in [-0.1, -0.05) is 23.7 Å². The standard InChI is InChI=1S/C15H11ClFNO3/c16-9-2-1-3-10(17)14(9)15(20)8-4-5-12-11(6-8)18-13(19)7-21-12/h1-6,15,20H,7H2,(H,18,19). The zero-order valence-corrected chi connectivity index (χ0v) is 11.5. The number of rotatable bonds is 2. The molecule has 2 aromatic carbocycles. The molecule has 1 aliphatic rings. The van der Waals surface area contributed by atoms with Crippen molar-refractivity contribution in [3.63, 3.8) is 0 Å². The summed E-state index contributed by atoms with van der Waals surface area (Å²) in [4.78, 5) is 11.3. The Kier molecular flexibility index (Phi) is 3.53. The number of carbonyl (C=O) groups is 1. The fourth-order valence-corrected chi connectivity index (χ4v) is 2.48. The maximum atomic E-state index is 13.8. The highest BCUT2D eigenvalue weighted by atomic mass is 35.5. The molecule has 0 saturated heterocycles. The molecular weight excluding hydrogens is 297 g/mol. The van der Waals surface area contributed by atoms with Crippen LogP contribution in [0.3, 0.4) is 0 Å². The molecule has 1 amide bonds. The average molecular weight is 308 g/mol. The molecule has 1 heterocycles. The van der Waals surface area contributed by atoms with Crippen LogP contribution in [0, 0.1) is 5.82 Å². The van der Waals surface area contributed by atoms with Crippen LogP contribution in [0.15, 0.2) is 36.4 Å². The summed E-state index contributed by atoms with van der Waals surface area (Å²) in [5.74, 6) is -0.365. The van der Waals surface area contributed by atoms with Crippen molar-refractivity contribution in [2.45, 2.75) is 6.10 Å². The van der Waals surface area contributed by atoms with Crippen LogP contribution in [0.4, 0.5) is 10.1 Å². The summed E-state index contributed by atoms with van der Waals surface area (Å²) >= 11 is 5.95. The smallest absolute Gasteiger partial charge is 0.262 e. The Balaban J connectivity index is 2.01. The van der Waals surface area contributed by atoms with Crippen molar-refractivity contribution in [2.75, 3.05) is 11.9 Å². The highest BCUT2D eigenvalue weighted by Crippen LogP contribution is 2.35. The molecule has 0 bridgehead atoms. The molecule has 0 aromatic heterocycles. The Hall–Kier alpha value is -2.11. The number of hydrogen-bond donors (Lipinski definition) is 2. The number of ether oxygens (including phenoxy) is 1. The third kappa shape index (κ3) is 2.57. The van der Waals surface area contributed by atoms with Crippen LogP contribution in [-0.4, -0.2) is 17.6 Å². The maximum Gasteiger partial charge on any atom is 0.262 e. The minimum atomic E-state index is -1.23. The number of amides is 1. The van der Waals surface area contributed by atoms with Crippen molar-refractivity contribution in [2.24, 2.45) is 0 Å². The molecule has 0 radical (unpaired) electrons. The van der Waals surface area contributed by atoms with Crippen LogP contribution >= 0.6 is 11.6 Å². The van der Waals surface area contributed by atoms with E-state index >= 15 is 0 Å². The topological polar surface area (TPSA) is 58.6 Å². The second-order valence-corrected chi connectivity index (χ2v) is 5.04. The molecule has 0 aliphatic carbocycles. The van der Waals surface area contributed by atoms with Crippen LogP contribution < -0.4 is 10.1 Å². The summed E-state index contributed by atoms with van der Waals surface area (Å²) in [6.45, 7) is -0.0476. The van der Waals surface area contributed by atoms with Crippen molar-refractivity contribution < 1.29 is 19.0 Å². The van der Waals surface area contributed by atoms with E-state index in [0.717, 1.165) is 0 Å². The molecule has 6 heteroatoms. The zero-order valence-electron chi connectivity index (χ0n) is 10.8. The van der Waals surface area contributed by atoms with Gasteiger partial charge in [0.2, 0.25) is 0 Å². The number of aliphatic hydroxyl groups is 1. The Morgan fingerprint density at radius 3 is 2.90 bits per heavy atom. The molecule has 1 unspecified atom stereocenters. The molecule has 0 saturated carbocycles. The van der Waals surface area contributed by atoms with Gasteiger partial charge in [-0.15, -0.1) is 0 Å². The molecule has 4 nitrogen and oxygen atoms in total. The number of benzene rings is 2. The molecule has 2 aromatic rings. The van der Waals surface area contributed by atoms with Gasteiger partial charge in [0, 0.05) is 10.6 Å². The van der Waals surface area contributed by atoms with E-state index in [2.05, 4.69) is 5.32 Å². The first-order chi connectivity index (χ1) is 10.1. The number of nitrogens with one attached hydrogen (secondary N) is 1. The van der Waals surface area contributed by atoms with Crippen molar-refractivity contribution in [1.82, 2.24) is 0 Å². The van der Waals surface area contributed by atoms with Crippen molar-refractivity contribution >= 4 is 23.2 Å². The lowest BCUT2D eigenvalue weighted by molar-refractivity contribution is -0.118. The van der Waals surface area contributed by atoms with Gasteiger partial charge in [-0.3, -0.25) is 4.79 Å². The van der Waals surface area contributed by atoms with Crippen LogP contribution in [0.5, 0.6) is 5.75 Å². The lowest BCUT2D eigenvalue weighted by atomic mass is 10.00. The quantitative estimate of drug-likeness (QED) is 0.897. The van der Waals surface area contributed by atoms with Gasteiger partial charge < -0.3 is 15.2 Å². The predicted molar refractivity (Wildman–Crippen MR) is 76.0 cm³/mol. The minimum absolute atomic E-state index is 0.00201. The van der Waals surface area contributed by atoms with E-state index < -0.39 is 11.9 Å². The molecule has 21 heavy (non-hydrogen) atoms. The Morgan fingerprint density at radius 1 is 1.33 bits per heavy atom. The van der Waals surface area contributed by atoms with Gasteiger partial charge in [-0.05, 0) is 29.8 Å². The predicted octanol–water partition coefficient (Wildman–Crippen LogP) is 2.89. The van der Waals surface area contributed by atoms with Crippen molar-refractivity contribution in [3.8, 4) is 5.75 Å². The monoisotopic (exact) mass is 307 g/mol. The lowest BCUT2D eigenvalue weighted by Crippen LogP contribution is -2.25. The molecule has 3 rings (SSSR count). The number of fused-ring (bicyclic) bond motifs is 1. The Bertz CT molecular complexity index is 700. The average Bonchev–Trinajstić information content (AvgIpc) is 2.46. The summed E-state index contributed by atoms with van der Waals surface area (Å²) in [6.07, 6.45) is -1.23. The van der Waals surface area contributed by atoms with Crippen LogP contribution in [0.2, 0.25) is 5.02 Å². The normalized spacial score (nSPS) is 14.9. The van der Waals surface area contributed by atoms with Gasteiger partial charge in [-0.2, -0.15) is 0 Å². The van der Waals surface area contributed by atoms with Crippen molar-refractivity contribution in [3.05, 3.63) is 58.4 Å². The maximum absolute atomic E-state index is 13.8. The molecular formula is C15H11ClFNO3. The summed E-state index contributed by atoms with van der Waals surface area (Å²) in [5.41, 5.74) is 0.851. The van der Waals surface area contributed by atoms with E-state index in [9.17, 15) is 14.3 Å². The Morgan fingerprint density at radius 2 is 2.14 bits per heavy atom. The number of halogens is 2. The molecule has 1 aliphatic heterocycles. The van der Waals surface area contributed by atoms with Crippen LogP contribution in [0.25, 0.3) is 0 Å². The molecule has 108 valence electrons. The van der Waals surface area contributed by atoms with Gasteiger partial charge in [0.15, 0.2) is 6.61 Å². The second-order valence-electron chi connectivity index (χ2n) is 4.63. The van der Waals surface area contributed by atoms with Crippen LogP contribution in [0.1, 0.15) is 17.2 Å².